The van der Waals surface area contributed by atoms with E-state index >= 15 is 0 Å². The van der Waals surface area contributed by atoms with Gasteiger partial charge in [0.1, 0.15) is 29.8 Å². The van der Waals surface area contributed by atoms with Crippen molar-refractivity contribution in [2.45, 2.75) is 64.7 Å². The number of aliphatic imine (C=N–C) groups is 1. The Morgan fingerprint density at radius 2 is 1.65 bits per heavy atom. The van der Waals surface area contributed by atoms with Crippen molar-refractivity contribution in [2.75, 3.05) is 26.9 Å². The van der Waals surface area contributed by atoms with E-state index in [2.05, 4.69) is 17.0 Å². The maximum atomic E-state index is 12.9. The number of hydrazone groups is 1. The van der Waals surface area contributed by atoms with E-state index in [-0.39, 0.29) is 11.4 Å². The molecule has 1 amide bonds. The molecule has 2 aliphatic heterocycles. The number of nitrogens with one attached hydrogen (secondary N) is 1. The second-order valence-corrected chi connectivity index (χ2v) is 11.8. The summed E-state index contributed by atoms with van der Waals surface area (Å²) in [5.41, 5.74) is 0.887. The summed E-state index contributed by atoms with van der Waals surface area (Å²) in [5.74, 6) is 2.64. The molecule has 0 atom stereocenters. The van der Waals surface area contributed by atoms with Crippen molar-refractivity contribution in [2.24, 2.45) is 16.0 Å². The molecule has 0 bridgehead atoms. The van der Waals surface area contributed by atoms with Crippen molar-refractivity contribution in [3.05, 3.63) is 53.6 Å². The third-order valence-corrected chi connectivity index (χ3v) is 8.69. The smallest absolute Gasteiger partial charge is 0.283 e. The molecule has 10 heteroatoms. The Labute approximate surface area is 257 Å². The molecular formula is C33H40N4O5S. The molecule has 0 radical (unpaired) electrons. The van der Waals surface area contributed by atoms with Crippen LogP contribution in [0.15, 0.2) is 58.1 Å². The first-order valence-electron chi connectivity index (χ1n) is 15.2. The average Bonchev–Trinajstić information content (AvgIpc) is 3.47. The normalized spacial score (nSPS) is 17.9. The van der Waals surface area contributed by atoms with Gasteiger partial charge in [-0.2, -0.15) is 15.1 Å². The van der Waals surface area contributed by atoms with Gasteiger partial charge in [-0.05, 0) is 79.1 Å². The number of hydrogen-bond acceptors (Lipinski definition) is 8. The molecule has 0 spiro atoms. The van der Waals surface area contributed by atoms with Gasteiger partial charge in [-0.3, -0.25) is 10.2 Å². The van der Waals surface area contributed by atoms with Crippen molar-refractivity contribution in [3.63, 3.8) is 0 Å². The Morgan fingerprint density at radius 3 is 2.37 bits per heavy atom. The molecular weight excluding hydrogens is 564 g/mol. The van der Waals surface area contributed by atoms with Gasteiger partial charge in [0.2, 0.25) is 5.17 Å². The molecule has 5 rings (SSSR count). The maximum Gasteiger partial charge on any atom is 0.283 e. The lowest BCUT2D eigenvalue weighted by Crippen LogP contribution is -2.35. The van der Waals surface area contributed by atoms with Crippen LogP contribution in [0.2, 0.25) is 0 Å². The standard InChI is InChI=1S/C33H40N4O5S/c1-3-4-5-9-18-40-25-13-15-26(16-14-25)41-19-20-42-28-17-12-23(22-29(28)39-2)21-27-30(34)37-33(35-31(27)38)43-32(36-37)24-10-7-6-8-11-24/h12-17,21-22,24,34H,3-11,18-20H2,1-2H3/b27-21-,34-30?. The lowest BCUT2D eigenvalue weighted by molar-refractivity contribution is -0.114. The van der Waals surface area contributed by atoms with Crippen LogP contribution in [-0.2, 0) is 4.79 Å². The number of ether oxygens (including phenoxy) is 4. The third-order valence-electron chi connectivity index (χ3n) is 7.62. The summed E-state index contributed by atoms with van der Waals surface area (Å²) in [5, 5.41) is 16.3. The topological polar surface area (TPSA) is 106 Å². The largest absolute Gasteiger partial charge is 0.494 e. The Balaban J connectivity index is 1.14. The minimum Gasteiger partial charge on any atom is -0.494 e. The molecule has 2 aromatic rings. The van der Waals surface area contributed by atoms with E-state index in [1.165, 1.54) is 55.3 Å². The van der Waals surface area contributed by atoms with Gasteiger partial charge in [-0.1, -0.05) is 51.5 Å². The zero-order chi connectivity index (χ0) is 30.0. The fourth-order valence-corrected chi connectivity index (χ4v) is 6.30. The first-order chi connectivity index (χ1) is 21.1. The number of methoxy groups -OCH3 is 1. The van der Waals surface area contributed by atoms with Crippen molar-refractivity contribution in [3.8, 4) is 23.0 Å². The van der Waals surface area contributed by atoms with Crippen LogP contribution in [0.25, 0.3) is 6.08 Å². The monoisotopic (exact) mass is 604 g/mol. The minimum absolute atomic E-state index is 0.0383. The molecule has 1 saturated carbocycles. The van der Waals surface area contributed by atoms with E-state index in [1.807, 2.05) is 30.3 Å². The minimum atomic E-state index is -0.438. The lowest BCUT2D eigenvalue weighted by atomic mass is 9.90. The molecule has 0 saturated heterocycles. The summed E-state index contributed by atoms with van der Waals surface area (Å²) < 4.78 is 23.1. The number of thioether (sulfide) groups is 1. The van der Waals surface area contributed by atoms with Gasteiger partial charge in [0, 0.05) is 5.92 Å². The summed E-state index contributed by atoms with van der Waals surface area (Å²) in [7, 11) is 1.57. The number of amidine groups is 2. The van der Waals surface area contributed by atoms with Crippen LogP contribution >= 0.6 is 11.8 Å². The number of unbranched alkanes of at least 4 members (excludes halogenated alkanes) is 3. The summed E-state index contributed by atoms with van der Waals surface area (Å²) in [6.45, 7) is 3.61. The molecule has 0 aromatic heterocycles. The molecule has 9 nitrogen and oxygen atoms in total. The summed E-state index contributed by atoms with van der Waals surface area (Å²) in [6.07, 6.45) is 12.2. The highest BCUT2D eigenvalue weighted by Gasteiger charge is 2.38. The lowest BCUT2D eigenvalue weighted by Gasteiger charge is -2.20. The van der Waals surface area contributed by atoms with Crippen molar-refractivity contribution >= 4 is 39.8 Å². The van der Waals surface area contributed by atoms with E-state index in [0.29, 0.717) is 41.4 Å². The fraction of sp³-hybridized carbons (Fsp3) is 0.455. The van der Waals surface area contributed by atoms with Crippen LogP contribution < -0.4 is 18.9 Å². The Hall–Kier alpha value is -3.79. The fourth-order valence-electron chi connectivity index (χ4n) is 5.24. The zero-order valence-corrected chi connectivity index (χ0v) is 25.8. The predicted molar refractivity (Wildman–Crippen MR) is 172 cm³/mol. The summed E-state index contributed by atoms with van der Waals surface area (Å²) >= 11 is 1.42. The molecule has 1 aliphatic carbocycles. The average molecular weight is 605 g/mol. The number of amides is 1. The number of hydrogen-bond donors (Lipinski definition) is 1. The van der Waals surface area contributed by atoms with E-state index in [4.69, 9.17) is 24.4 Å². The van der Waals surface area contributed by atoms with E-state index < -0.39 is 5.91 Å². The number of nitrogens with zero attached hydrogens (tertiary/aromatic N) is 3. The first kappa shape index (κ1) is 30.7. The summed E-state index contributed by atoms with van der Waals surface area (Å²) in [6, 6.07) is 13.0. The van der Waals surface area contributed by atoms with Crippen LogP contribution in [-0.4, -0.2) is 53.9 Å². The number of carbonyl (C=O) groups excluding carboxylic acids is 1. The van der Waals surface area contributed by atoms with Gasteiger partial charge in [0.25, 0.3) is 5.91 Å². The van der Waals surface area contributed by atoms with E-state index in [0.717, 1.165) is 42.4 Å². The predicted octanol–water partition coefficient (Wildman–Crippen LogP) is 7.31. The zero-order valence-electron chi connectivity index (χ0n) is 25.0. The second-order valence-electron chi connectivity index (χ2n) is 10.8. The number of carbonyl (C=O) groups is 1. The van der Waals surface area contributed by atoms with Crippen molar-refractivity contribution in [1.82, 2.24) is 5.01 Å². The molecule has 43 heavy (non-hydrogen) atoms. The quantitative estimate of drug-likeness (QED) is 0.178. The van der Waals surface area contributed by atoms with Crippen LogP contribution in [0.3, 0.4) is 0 Å². The molecule has 3 aliphatic rings. The van der Waals surface area contributed by atoms with Crippen LogP contribution in [0.5, 0.6) is 23.0 Å². The van der Waals surface area contributed by atoms with Gasteiger partial charge < -0.3 is 18.9 Å². The number of benzene rings is 2. The molecule has 2 aromatic carbocycles. The van der Waals surface area contributed by atoms with Crippen LogP contribution in [0.4, 0.5) is 0 Å². The van der Waals surface area contributed by atoms with Gasteiger partial charge >= 0.3 is 0 Å². The highest BCUT2D eigenvalue weighted by molar-refractivity contribution is 8.27. The van der Waals surface area contributed by atoms with Gasteiger partial charge in [0.15, 0.2) is 17.3 Å². The van der Waals surface area contributed by atoms with Crippen molar-refractivity contribution in [1.29, 1.82) is 5.41 Å². The second kappa shape index (κ2) is 15.1. The molecule has 1 N–H and O–H groups in total. The SMILES string of the molecule is CCCCCCOc1ccc(OCCOc2ccc(/C=C3/C(=N)N4N=C(C5CCCCC5)SC4=NC3=O)cc2OC)cc1. The molecule has 0 unspecified atom stereocenters. The van der Waals surface area contributed by atoms with Gasteiger partial charge in [0.05, 0.1) is 19.3 Å². The highest BCUT2D eigenvalue weighted by Crippen LogP contribution is 2.36. The number of fused-ring (bicyclic) bond motifs is 1. The Bertz CT molecular complexity index is 1380. The van der Waals surface area contributed by atoms with Crippen LogP contribution in [0, 0.1) is 11.3 Å². The maximum absolute atomic E-state index is 12.9. The molecule has 2 heterocycles. The van der Waals surface area contributed by atoms with E-state index in [1.54, 1.807) is 25.3 Å². The van der Waals surface area contributed by atoms with E-state index in [9.17, 15) is 4.79 Å². The van der Waals surface area contributed by atoms with Crippen molar-refractivity contribution < 1.29 is 23.7 Å². The molecule has 228 valence electrons. The van der Waals surface area contributed by atoms with Gasteiger partial charge in [-0.25, -0.2) is 0 Å². The summed E-state index contributed by atoms with van der Waals surface area (Å²) in [4.78, 5) is 17.1. The third kappa shape index (κ3) is 7.98. The Morgan fingerprint density at radius 1 is 0.930 bits per heavy atom. The molecule has 1 fully saturated rings. The van der Waals surface area contributed by atoms with Gasteiger partial charge in [-0.15, -0.1) is 0 Å². The van der Waals surface area contributed by atoms with Crippen LogP contribution in [0.1, 0.15) is 70.3 Å². The first-order valence-corrected chi connectivity index (χ1v) is 16.0. The number of rotatable bonds is 14. The highest BCUT2D eigenvalue weighted by atomic mass is 32.2. The Kier molecular flexibility index (Phi) is 10.8.